The molecule has 21 heavy (non-hydrogen) atoms. The van der Waals surface area contributed by atoms with Crippen molar-refractivity contribution in [1.29, 1.82) is 0 Å². The minimum Gasteiger partial charge on any atom is -0.399 e. The number of hydrogen-bond donors (Lipinski definition) is 1. The van der Waals surface area contributed by atoms with E-state index in [1.165, 1.54) is 28.9 Å². The minimum atomic E-state index is -0.505. The highest BCUT2D eigenvalue weighted by molar-refractivity contribution is 5.63. The molecular weight excluding hydrogens is 276 g/mol. The Balaban J connectivity index is 2.22. The second kappa shape index (κ2) is 4.93. The van der Waals surface area contributed by atoms with Gasteiger partial charge in [-0.2, -0.15) is 4.68 Å². The maximum absolute atomic E-state index is 14.0. The molecule has 0 saturated carbocycles. The molecule has 1 aromatic heterocycles. The van der Waals surface area contributed by atoms with Crippen molar-refractivity contribution in [3.05, 3.63) is 53.6 Å². The van der Waals surface area contributed by atoms with E-state index in [2.05, 4.69) is 15.5 Å². The molecule has 3 aromatic rings. The quantitative estimate of drug-likeness (QED) is 0.735. The molecule has 3 rings (SSSR count). The van der Waals surface area contributed by atoms with Crippen LogP contribution in [0.1, 0.15) is 5.56 Å². The zero-order valence-corrected chi connectivity index (χ0v) is 11.1. The Morgan fingerprint density at radius 3 is 2.71 bits per heavy atom. The Kier molecular flexibility index (Phi) is 3.09. The molecule has 1 heterocycles. The van der Waals surface area contributed by atoms with Crippen LogP contribution in [0.25, 0.3) is 17.1 Å². The fourth-order valence-corrected chi connectivity index (χ4v) is 2.06. The zero-order valence-electron chi connectivity index (χ0n) is 11.1. The first-order chi connectivity index (χ1) is 10.1. The summed E-state index contributed by atoms with van der Waals surface area (Å²) in [6.07, 6.45) is 0. The van der Waals surface area contributed by atoms with Crippen LogP contribution in [-0.4, -0.2) is 20.2 Å². The Morgan fingerprint density at radius 2 is 1.90 bits per heavy atom. The van der Waals surface area contributed by atoms with Gasteiger partial charge in [-0.25, -0.2) is 8.78 Å². The molecule has 2 N–H and O–H groups in total. The third-order valence-electron chi connectivity index (χ3n) is 3.17. The molecule has 5 nitrogen and oxygen atoms in total. The van der Waals surface area contributed by atoms with Crippen molar-refractivity contribution in [2.45, 2.75) is 6.92 Å². The largest absolute Gasteiger partial charge is 0.399 e. The van der Waals surface area contributed by atoms with E-state index in [4.69, 9.17) is 5.73 Å². The van der Waals surface area contributed by atoms with Gasteiger partial charge in [-0.15, -0.1) is 5.10 Å². The summed E-state index contributed by atoms with van der Waals surface area (Å²) in [4.78, 5) is 0. The predicted octanol–water partition coefficient (Wildman–Crippen LogP) is 2.50. The summed E-state index contributed by atoms with van der Waals surface area (Å²) < 4.78 is 28.9. The summed E-state index contributed by atoms with van der Waals surface area (Å²) in [6, 6.07) is 8.65. The first-order valence-electron chi connectivity index (χ1n) is 6.17. The summed E-state index contributed by atoms with van der Waals surface area (Å²) in [5, 5.41) is 11.2. The summed E-state index contributed by atoms with van der Waals surface area (Å²) in [5.41, 5.74) is 7.03. The monoisotopic (exact) mass is 287 g/mol. The van der Waals surface area contributed by atoms with E-state index in [9.17, 15) is 8.78 Å². The van der Waals surface area contributed by atoms with Gasteiger partial charge in [0.05, 0.1) is 11.3 Å². The molecule has 0 saturated heterocycles. The van der Waals surface area contributed by atoms with Crippen molar-refractivity contribution >= 4 is 5.69 Å². The SMILES string of the molecule is Cc1c(F)cccc1-n1nnnc1-c1cc(N)ccc1F. The summed E-state index contributed by atoms with van der Waals surface area (Å²) in [6.45, 7) is 1.60. The molecular formula is C14H11F2N5. The van der Waals surface area contributed by atoms with Crippen LogP contribution in [0.4, 0.5) is 14.5 Å². The number of hydrogen-bond acceptors (Lipinski definition) is 4. The third kappa shape index (κ3) is 2.22. The topological polar surface area (TPSA) is 69.6 Å². The van der Waals surface area contributed by atoms with Crippen molar-refractivity contribution in [2.75, 3.05) is 5.73 Å². The molecule has 0 amide bonds. The Labute approximate surface area is 119 Å². The van der Waals surface area contributed by atoms with Crippen LogP contribution in [0.15, 0.2) is 36.4 Å². The van der Waals surface area contributed by atoms with Crippen molar-refractivity contribution in [2.24, 2.45) is 0 Å². The highest BCUT2D eigenvalue weighted by atomic mass is 19.1. The molecule has 0 unspecified atom stereocenters. The van der Waals surface area contributed by atoms with Crippen molar-refractivity contribution in [3.63, 3.8) is 0 Å². The fourth-order valence-electron chi connectivity index (χ4n) is 2.06. The van der Waals surface area contributed by atoms with E-state index in [0.717, 1.165) is 0 Å². The van der Waals surface area contributed by atoms with Crippen LogP contribution >= 0.6 is 0 Å². The lowest BCUT2D eigenvalue weighted by Gasteiger charge is -2.09. The van der Waals surface area contributed by atoms with Gasteiger partial charge >= 0.3 is 0 Å². The lowest BCUT2D eigenvalue weighted by atomic mass is 10.1. The standard InChI is InChI=1S/C14H11F2N5/c1-8-11(15)3-2-4-13(8)21-14(18-19-20-21)10-7-9(17)5-6-12(10)16/h2-7H,17H2,1H3. The van der Waals surface area contributed by atoms with E-state index in [0.29, 0.717) is 16.9 Å². The molecule has 0 radical (unpaired) electrons. The third-order valence-corrected chi connectivity index (χ3v) is 3.17. The van der Waals surface area contributed by atoms with Gasteiger partial charge in [0, 0.05) is 11.3 Å². The number of aromatic nitrogens is 4. The van der Waals surface area contributed by atoms with Gasteiger partial charge in [-0.05, 0) is 47.7 Å². The second-order valence-corrected chi connectivity index (χ2v) is 4.54. The van der Waals surface area contributed by atoms with E-state index in [1.54, 1.807) is 19.1 Å². The molecule has 0 aliphatic carbocycles. The molecule has 7 heteroatoms. The molecule has 0 bridgehead atoms. The van der Waals surface area contributed by atoms with Crippen molar-refractivity contribution in [3.8, 4) is 17.1 Å². The van der Waals surface area contributed by atoms with Crippen LogP contribution < -0.4 is 5.73 Å². The number of rotatable bonds is 2. The Bertz CT molecular complexity index is 796. The number of halogens is 2. The summed E-state index contributed by atoms with van der Waals surface area (Å²) in [5.74, 6) is -0.732. The minimum absolute atomic E-state index is 0.156. The summed E-state index contributed by atoms with van der Waals surface area (Å²) >= 11 is 0. The van der Waals surface area contributed by atoms with E-state index in [1.807, 2.05) is 0 Å². The molecule has 0 aliphatic rings. The van der Waals surface area contributed by atoms with Gasteiger partial charge in [-0.3, -0.25) is 0 Å². The van der Waals surface area contributed by atoms with Crippen LogP contribution in [0.2, 0.25) is 0 Å². The lowest BCUT2D eigenvalue weighted by Crippen LogP contribution is -2.04. The molecule has 0 atom stereocenters. The zero-order chi connectivity index (χ0) is 15.0. The van der Waals surface area contributed by atoms with Gasteiger partial charge in [0.2, 0.25) is 0 Å². The Hall–Kier alpha value is -2.83. The van der Waals surface area contributed by atoms with E-state index in [-0.39, 0.29) is 17.2 Å². The lowest BCUT2D eigenvalue weighted by molar-refractivity contribution is 0.614. The summed E-state index contributed by atoms with van der Waals surface area (Å²) in [7, 11) is 0. The maximum Gasteiger partial charge on any atom is 0.190 e. The van der Waals surface area contributed by atoms with Crippen LogP contribution in [0.3, 0.4) is 0 Å². The number of nitrogen functional groups attached to an aromatic ring is 1. The molecule has 2 aromatic carbocycles. The fraction of sp³-hybridized carbons (Fsp3) is 0.0714. The first-order valence-corrected chi connectivity index (χ1v) is 6.17. The van der Waals surface area contributed by atoms with E-state index < -0.39 is 5.82 Å². The van der Waals surface area contributed by atoms with Crippen molar-refractivity contribution < 1.29 is 8.78 Å². The van der Waals surface area contributed by atoms with Crippen LogP contribution in [0.5, 0.6) is 0 Å². The van der Waals surface area contributed by atoms with Gasteiger partial charge in [0.1, 0.15) is 11.6 Å². The average molecular weight is 287 g/mol. The maximum atomic E-state index is 14.0. The van der Waals surface area contributed by atoms with Crippen LogP contribution in [0, 0.1) is 18.6 Å². The van der Waals surface area contributed by atoms with E-state index >= 15 is 0 Å². The molecule has 0 fully saturated rings. The van der Waals surface area contributed by atoms with Gasteiger partial charge in [0.25, 0.3) is 0 Å². The molecule has 106 valence electrons. The highest BCUT2D eigenvalue weighted by Crippen LogP contribution is 2.26. The van der Waals surface area contributed by atoms with Gasteiger partial charge in [-0.1, -0.05) is 6.07 Å². The Morgan fingerprint density at radius 1 is 1.10 bits per heavy atom. The number of tetrazole rings is 1. The first kappa shape index (κ1) is 13.2. The smallest absolute Gasteiger partial charge is 0.190 e. The van der Waals surface area contributed by atoms with Gasteiger partial charge < -0.3 is 5.73 Å². The molecule has 0 aliphatic heterocycles. The molecule has 0 spiro atoms. The number of benzene rings is 2. The number of anilines is 1. The number of nitrogens with zero attached hydrogens (tertiary/aromatic N) is 4. The average Bonchev–Trinajstić information content (AvgIpc) is 2.93. The van der Waals surface area contributed by atoms with Gasteiger partial charge in [0.15, 0.2) is 5.82 Å². The predicted molar refractivity (Wildman–Crippen MR) is 73.7 cm³/mol. The van der Waals surface area contributed by atoms with Crippen LogP contribution in [-0.2, 0) is 0 Å². The highest BCUT2D eigenvalue weighted by Gasteiger charge is 2.17. The number of nitrogens with two attached hydrogens (primary N) is 1. The normalized spacial score (nSPS) is 10.8. The second-order valence-electron chi connectivity index (χ2n) is 4.54. The van der Waals surface area contributed by atoms with Crippen molar-refractivity contribution in [1.82, 2.24) is 20.2 Å².